The fourth-order valence-electron chi connectivity index (χ4n) is 2.92. The summed E-state index contributed by atoms with van der Waals surface area (Å²) in [5.74, 6) is 1.87. The summed E-state index contributed by atoms with van der Waals surface area (Å²) in [6, 6.07) is 8.33. The maximum absolute atomic E-state index is 5.63. The van der Waals surface area contributed by atoms with E-state index in [2.05, 4.69) is 17.0 Å². The van der Waals surface area contributed by atoms with Crippen LogP contribution in [0.15, 0.2) is 24.3 Å². The number of para-hydroxylation sites is 1. The molecule has 0 aliphatic carbocycles. The zero-order chi connectivity index (χ0) is 13.5. The molecule has 0 radical (unpaired) electrons. The highest BCUT2D eigenvalue weighted by Crippen LogP contribution is 2.22. The molecule has 1 aromatic carbocycles. The van der Waals surface area contributed by atoms with Crippen molar-refractivity contribution < 1.29 is 4.74 Å². The van der Waals surface area contributed by atoms with E-state index in [4.69, 9.17) is 10.5 Å². The van der Waals surface area contributed by atoms with Crippen LogP contribution in [0.4, 0.5) is 0 Å². The van der Waals surface area contributed by atoms with Gasteiger partial charge in [-0.1, -0.05) is 18.2 Å². The number of methoxy groups -OCH3 is 1. The third-order valence-electron chi connectivity index (χ3n) is 4.17. The van der Waals surface area contributed by atoms with Crippen LogP contribution in [0.5, 0.6) is 5.75 Å². The third-order valence-corrected chi connectivity index (χ3v) is 4.17. The van der Waals surface area contributed by atoms with Gasteiger partial charge >= 0.3 is 0 Å². The van der Waals surface area contributed by atoms with Crippen molar-refractivity contribution in [3.05, 3.63) is 29.8 Å². The van der Waals surface area contributed by atoms with Gasteiger partial charge < -0.3 is 15.4 Å². The summed E-state index contributed by atoms with van der Waals surface area (Å²) in [6.07, 6.45) is 4.89. The quantitative estimate of drug-likeness (QED) is 0.855. The van der Waals surface area contributed by atoms with E-state index in [1.165, 1.54) is 37.9 Å². The Bertz CT molecular complexity index is 373. The molecule has 0 unspecified atom stereocenters. The van der Waals surface area contributed by atoms with Crippen LogP contribution >= 0.6 is 0 Å². The number of piperidine rings is 1. The van der Waals surface area contributed by atoms with Crippen molar-refractivity contribution in [2.45, 2.75) is 25.7 Å². The molecular formula is C16H26N2O. The third kappa shape index (κ3) is 4.22. The number of hydrogen-bond acceptors (Lipinski definition) is 3. The van der Waals surface area contributed by atoms with Gasteiger partial charge in [-0.15, -0.1) is 0 Å². The molecule has 0 aromatic heterocycles. The summed E-state index contributed by atoms with van der Waals surface area (Å²) < 4.78 is 5.40. The molecule has 1 aliphatic heterocycles. The van der Waals surface area contributed by atoms with Crippen LogP contribution in [0, 0.1) is 5.92 Å². The smallest absolute Gasteiger partial charge is 0.122 e. The average Bonchev–Trinajstić information content (AvgIpc) is 2.47. The number of benzene rings is 1. The molecule has 1 fully saturated rings. The van der Waals surface area contributed by atoms with Crippen LogP contribution in [0.3, 0.4) is 0 Å². The predicted molar refractivity (Wildman–Crippen MR) is 79.5 cm³/mol. The minimum Gasteiger partial charge on any atom is -0.496 e. The molecule has 3 nitrogen and oxygen atoms in total. The van der Waals surface area contributed by atoms with Gasteiger partial charge in [0.05, 0.1) is 7.11 Å². The predicted octanol–water partition coefficient (Wildman–Crippen LogP) is 2.30. The van der Waals surface area contributed by atoms with E-state index in [1.807, 2.05) is 12.1 Å². The molecule has 0 saturated carbocycles. The zero-order valence-electron chi connectivity index (χ0n) is 12.0. The largest absolute Gasteiger partial charge is 0.496 e. The standard InChI is InChI=1S/C16H26N2O/c1-19-16-5-3-2-4-15(16)9-13-18-11-7-14(6-10-17)8-12-18/h2-5,14H,6-13,17H2,1H3. The van der Waals surface area contributed by atoms with Crippen molar-refractivity contribution in [2.24, 2.45) is 11.7 Å². The van der Waals surface area contributed by atoms with E-state index < -0.39 is 0 Å². The van der Waals surface area contributed by atoms with Gasteiger partial charge in [-0.3, -0.25) is 0 Å². The minimum atomic E-state index is 0.839. The second-order valence-corrected chi connectivity index (χ2v) is 5.42. The van der Waals surface area contributed by atoms with Crippen molar-refractivity contribution in [1.82, 2.24) is 4.90 Å². The Balaban J connectivity index is 1.77. The van der Waals surface area contributed by atoms with Gasteiger partial charge in [0.2, 0.25) is 0 Å². The second kappa shape index (κ2) is 7.51. The summed E-state index contributed by atoms with van der Waals surface area (Å²) in [7, 11) is 1.75. The maximum Gasteiger partial charge on any atom is 0.122 e. The molecule has 1 saturated heterocycles. The Morgan fingerprint density at radius 1 is 1.26 bits per heavy atom. The average molecular weight is 262 g/mol. The number of rotatable bonds is 6. The molecule has 0 amide bonds. The summed E-state index contributed by atoms with van der Waals surface area (Å²) in [6.45, 7) is 4.42. The monoisotopic (exact) mass is 262 g/mol. The fourth-order valence-corrected chi connectivity index (χ4v) is 2.92. The molecule has 2 N–H and O–H groups in total. The second-order valence-electron chi connectivity index (χ2n) is 5.42. The summed E-state index contributed by atoms with van der Waals surface area (Å²) in [5, 5.41) is 0. The number of nitrogens with two attached hydrogens (primary N) is 1. The van der Waals surface area contributed by atoms with E-state index in [0.717, 1.165) is 31.2 Å². The SMILES string of the molecule is COc1ccccc1CCN1CCC(CCN)CC1. The summed E-state index contributed by atoms with van der Waals surface area (Å²) in [4.78, 5) is 2.57. The maximum atomic E-state index is 5.63. The van der Waals surface area contributed by atoms with Gasteiger partial charge in [0.1, 0.15) is 5.75 Å². The van der Waals surface area contributed by atoms with E-state index in [-0.39, 0.29) is 0 Å². The number of nitrogens with zero attached hydrogens (tertiary/aromatic N) is 1. The molecule has 0 spiro atoms. The molecule has 0 atom stereocenters. The van der Waals surface area contributed by atoms with Gasteiger partial charge in [0.15, 0.2) is 0 Å². The first-order valence-corrected chi connectivity index (χ1v) is 7.37. The molecule has 1 aliphatic rings. The van der Waals surface area contributed by atoms with Crippen molar-refractivity contribution >= 4 is 0 Å². The van der Waals surface area contributed by atoms with Crippen LogP contribution in [-0.2, 0) is 6.42 Å². The van der Waals surface area contributed by atoms with Crippen LogP contribution in [-0.4, -0.2) is 38.2 Å². The number of ether oxygens (including phenoxy) is 1. The molecule has 3 heteroatoms. The van der Waals surface area contributed by atoms with Crippen LogP contribution in [0.2, 0.25) is 0 Å². The highest BCUT2D eigenvalue weighted by Gasteiger charge is 2.18. The van der Waals surface area contributed by atoms with Crippen LogP contribution < -0.4 is 10.5 Å². The first-order valence-electron chi connectivity index (χ1n) is 7.37. The van der Waals surface area contributed by atoms with Gasteiger partial charge in [-0.05, 0) is 62.9 Å². The van der Waals surface area contributed by atoms with E-state index in [1.54, 1.807) is 7.11 Å². The fraction of sp³-hybridized carbons (Fsp3) is 0.625. The lowest BCUT2D eigenvalue weighted by Gasteiger charge is -2.31. The Morgan fingerprint density at radius 2 is 2.00 bits per heavy atom. The van der Waals surface area contributed by atoms with Crippen molar-refractivity contribution in [2.75, 3.05) is 33.3 Å². The Morgan fingerprint density at radius 3 is 2.68 bits per heavy atom. The molecule has 1 aromatic rings. The van der Waals surface area contributed by atoms with Gasteiger partial charge in [0, 0.05) is 6.54 Å². The van der Waals surface area contributed by atoms with Crippen molar-refractivity contribution in [1.29, 1.82) is 0 Å². The summed E-state index contributed by atoms with van der Waals surface area (Å²) in [5.41, 5.74) is 6.95. The highest BCUT2D eigenvalue weighted by molar-refractivity contribution is 5.33. The van der Waals surface area contributed by atoms with E-state index >= 15 is 0 Å². The molecular weight excluding hydrogens is 236 g/mol. The van der Waals surface area contributed by atoms with Crippen LogP contribution in [0.25, 0.3) is 0 Å². The lowest BCUT2D eigenvalue weighted by molar-refractivity contribution is 0.182. The lowest BCUT2D eigenvalue weighted by atomic mass is 9.93. The van der Waals surface area contributed by atoms with Gasteiger partial charge in [-0.2, -0.15) is 0 Å². The molecule has 19 heavy (non-hydrogen) atoms. The molecule has 2 rings (SSSR count). The Labute approximate surface area is 116 Å². The lowest BCUT2D eigenvalue weighted by Crippen LogP contribution is -2.35. The Hall–Kier alpha value is -1.06. The Kier molecular flexibility index (Phi) is 5.67. The topological polar surface area (TPSA) is 38.5 Å². The van der Waals surface area contributed by atoms with Crippen molar-refractivity contribution in [3.63, 3.8) is 0 Å². The van der Waals surface area contributed by atoms with E-state index in [9.17, 15) is 0 Å². The molecule has 106 valence electrons. The first-order chi connectivity index (χ1) is 9.33. The summed E-state index contributed by atoms with van der Waals surface area (Å²) >= 11 is 0. The van der Waals surface area contributed by atoms with E-state index in [0.29, 0.717) is 0 Å². The van der Waals surface area contributed by atoms with Gasteiger partial charge in [0.25, 0.3) is 0 Å². The highest BCUT2D eigenvalue weighted by atomic mass is 16.5. The van der Waals surface area contributed by atoms with Gasteiger partial charge in [-0.25, -0.2) is 0 Å². The zero-order valence-corrected chi connectivity index (χ0v) is 12.0. The minimum absolute atomic E-state index is 0.839. The van der Waals surface area contributed by atoms with Crippen LogP contribution in [0.1, 0.15) is 24.8 Å². The molecule has 1 heterocycles. The number of likely N-dealkylation sites (tertiary alicyclic amines) is 1. The first kappa shape index (κ1) is 14.4. The van der Waals surface area contributed by atoms with Crippen molar-refractivity contribution in [3.8, 4) is 5.75 Å². The number of hydrogen-bond donors (Lipinski definition) is 1. The normalized spacial score (nSPS) is 17.6. The molecule has 0 bridgehead atoms.